The van der Waals surface area contributed by atoms with Crippen molar-refractivity contribution >= 4 is 19.8 Å². The van der Waals surface area contributed by atoms with Gasteiger partial charge in [-0.3, -0.25) is 18.6 Å². The first-order valence-electron chi connectivity index (χ1n) is 27.0. The molecule has 0 saturated heterocycles. The molecule has 0 heterocycles. The van der Waals surface area contributed by atoms with Crippen molar-refractivity contribution in [2.45, 2.75) is 238 Å². The van der Waals surface area contributed by atoms with Crippen LogP contribution in [-0.4, -0.2) is 74.9 Å². The molecule has 0 aromatic heterocycles. The molecule has 0 amide bonds. The van der Waals surface area contributed by atoms with E-state index in [4.69, 9.17) is 18.5 Å². The van der Waals surface area contributed by atoms with Crippen molar-refractivity contribution in [3.63, 3.8) is 0 Å². The quantitative estimate of drug-likeness (QED) is 0.0211. The minimum absolute atomic E-state index is 0.0263. The fraction of sp³-hybridized carbons (Fsp3) is 0.786. The Labute approximate surface area is 406 Å². The summed E-state index contributed by atoms with van der Waals surface area (Å²) in [5, 5.41) is 0. The van der Waals surface area contributed by atoms with E-state index in [2.05, 4.69) is 74.6 Å². The highest BCUT2D eigenvalue weighted by Gasteiger charge is 2.27. The first-order valence-corrected chi connectivity index (χ1v) is 28.5. The Morgan fingerprint density at radius 2 is 0.864 bits per heavy atom. The van der Waals surface area contributed by atoms with Crippen LogP contribution < -0.4 is 0 Å². The summed E-state index contributed by atoms with van der Waals surface area (Å²) in [6.07, 6.45) is 59.9. The maximum absolute atomic E-state index is 12.8. The van der Waals surface area contributed by atoms with Gasteiger partial charge in [-0.2, -0.15) is 0 Å². The van der Waals surface area contributed by atoms with Crippen LogP contribution in [0.5, 0.6) is 0 Å². The SMILES string of the molecule is CC/C=C\C/C=C\C/C=C\C/C=C\C/C=C\CCCCCCCC(=O)OC(COC(=O)CCCCCCCCCCCCCCCCCCCCCCC)COP(=O)(O)OCC[N+](C)(C)C. The first kappa shape index (κ1) is 63.7. The molecule has 2 atom stereocenters. The van der Waals surface area contributed by atoms with Gasteiger partial charge in [0.15, 0.2) is 6.10 Å². The zero-order valence-corrected chi connectivity index (χ0v) is 44.3. The minimum atomic E-state index is -4.39. The average molecular weight is 949 g/mol. The molecule has 0 rings (SSSR count). The van der Waals surface area contributed by atoms with E-state index < -0.39 is 26.5 Å². The number of carbonyl (C=O) groups is 2. The van der Waals surface area contributed by atoms with Crippen molar-refractivity contribution in [1.82, 2.24) is 0 Å². The molecule has 384 valence electrons. The van der Waals surface area contributed by atoms with Crippen molar-refractivity contribution in [2.75, 3.05) is 47.5 Å². The van der Waals surface area contributed by atoms with E-state index in [-0.39, 0.29) is 32.0 Å². The number of carbonyl (C=O) groups excluding carboxylic acids is 2. The van der Waals surface area contributed by atoms with Crippen LogP contribution in [0.4, 0.5) is 0 Å². The van der Waals surface area contributed by atoms with Gasteiger partial charge in [0.05, 0.1) is 27.7 Å². The molecule has 0 radical (unpaired) electrons. The number of ether oxygens (including phenoxy) is 2. The zero-order chi connectivity index (χ0) is 48.5. The Morgan fingerprint density at radius 3 is 1.29 bits per heavy atom. The number of nitrogens with zero attached hydrogens (tertiary/aromatic N) is 1. The van der Waals surface area contributed by atoms with E-state index in [1.807, 2.05) is 21.1 Å². The van der Waals surface area contributed by atoms with Gasteiger partial charge in [-0.1, -0.05) is 222 Å². The lowest BCUT2D eigenvalue weighted by Crippen LogP contribution is -2.37. The zero-order valence-electron chi connectivity index (χ0n) is 43.4. The third kappa shape index (κ3) is 51.1. The van der Waals surface area contributed by atoms with E-state index >= 15 is 0 Å². The third-order valence-corrected chi connectivity index (χ3v) is 12.5. The molecule has 0 saturated carbocycles. The molecule has 0 aliphatic carbocycles. The third-order valence-electron chi connectivity index (χ3n) is 11.6. The Hall–Kier alpha value is -2.29. The molecule has 1 N–H and O–H groups in total. The monoisotopic (exact) mass is 949 g/mol. The number of phosphoric acid groups is 1. The molecule has 9 nitrogen and oxygen atoms in total. The van der Waals surface area contributed by atoms with Gasteiger partial charge in [0, 0.05) is 12.8 Å². The fourth-order valence-corrected chi connectivity index (χ4v) is 8.14. The molecule has 0 aromatic carbocycles. The van der Waals surface area contributed by atoms with Crippen LogP contribution in [0, 0.1) is 0 Å². The van der Waals surface area contributed by atoms with E-state index in [0.29, 0.717) is 17.4 Å². The highest BCUT2D eigenvalue weighted by molar-refractivity contribution is 7.47. The molecule has 0 bridgehead atoms. The van der Waals surface area contributed by atoms with Crippen molar-refractivity contribution < 1.29 is 42.1 Å². The summed E-state index contributed by atoms with van der Waals surface area (Å²) in [6, 6.07) is 0. The van der Waals surface area contributed by atoms with Gasteiger partial charge < -0.3 is 18.9 Å². The number of esters is 2. The van der Waals surface area contributed by atoms with E-state index in [1.165, 1.54) is 116 Å². The van der Waals surface area contributed by atoms with Crippen molar-refractivity contribution in [3.8, 4) is 0 Å². The van der Waals surface area contributed by atoms with Gasteiger partial charge in [-0.05, 0) is 57.8 Å². The molecule has 0 aliphatic heterocycles. The highest BCUT2D eigenvalue weighted by Crippen LogP contribution is 2.43. The van der Waals surface area contributed by atoms with Crippen molar-refractivity contribution in [3.05, 3.63) is 60.8 Å². The van der Waals surface area contributed by atoms with E-state index in [0.717, 1.165) is 83.5 Å². The summed E-state index contributed by atoms with van der Waals surface area (Å²) in [5.41, 5.74) is 0. The summed E-state index contributed by atoms with van der Waals surface area (Å²) in [6.45, 7) is 4.32. The van der Waals surface area contributed by atoms with Gasteiger partial charge in [-0.25, -0.2) is 4.57 Å². The Balaban J connectivity index is 4.25. The molecule has 0 fully saturated rings. The van der Waals surface area contributed by atoms with Crippen LogP contribution in [-0.2, 0) is 32.7 Å². The fourth-order valence-electron chi connectivity index (χ4n) is 7.40. The average Bonchev–Trinajstić information content (AvgIpc) is 3.27. The number of rotatable bonds is 49. The first-order chi connectivity index (χ1) is 32.0. The number of quaternary nitrogens is 1. The maximum atomic E-state index is 12.8. The van der Waals surface area contributed by atoms with Crippen molar-refractivity contribution in [1.29, 1.82) is 0 Å². The second-order valence-electron chi connectivity index (χ2n) is 19.2. The topological polar surface area (TPSA) is 108 Å². The Morgan fingerprint density at radius 1 is 0.485 bits per heavy atom. The van der Waals surface area contributed by atoms with Gasteiger partial charge in [0.2, 0.25) is 0 Å². The predicted octanol–water partition coefficient (Wildman–Crippen LogP) is 16.4. The number of hydrogen-bond acceptors (Lipinski definition) is 7. The number of unbranched alkanes of at least 4 members (excludes halogenated alkanes) is 25. The smallest absolute Gasteiger partial charge is 0.462 e. The summed E-state index contributed by atoms with van der Waals surface area (Å²) in [5.74, 6) is -0.814. The van der Waals surface area contributed by atoms with Crippen molar-refractivity contribution in [2.24, 2.45) is 0 Å². The highest BCUT2D eigenvalue weighted by atomic mass is 31.2. The van der Waals surface area contributed by atoms with Gasteiger partial charge in [0.25, 0.3) is 0 Å². The molecular formula is C56H103NO8P+. The summed E-state index contributed by atoms with van der Waals surface area (Å²) in [4.78, 5) is 35.6. The molecule has 10 heteroatoms. The van der Waals surface area contributed by atoms with Gasteiger partial charge in [0.1, 0.15) is 19.8 Å². The molecule has 0 spiro atoms. The second kappa shape index (κ2) is 47.8. The molecule has 66 heavy (non-hydrogen) atoms. The maximum Gasteiger partial charge on any atom is 0.472 e. The van der Waals surface area contributed by atoms with Crippen LogP contribution in [0.2, 0.25) is 0 Å². The van der Waals surface area contributed by atoms with Crippen LogP contribution in [0.15, 0.2) is 60.8 Å². The Kier molecular flexibility index (Phi) is 46.1. The lowest BCUT2D eigenvalue weighted by Gasteiger charge is -2.24. The molecule has 0 aromatic rings. The number of allylic oxidation sites excluding steroid dienone is 10. The van der Waals surface area contributed by atoms with E-state index in [9.17, 15) is 19.0 Å². The van der Waals surface area contributed by atoms with E-state index in [1.54, 1.807) is 0 Å². The summed E-state index contributed by atoms with van der Waals surface area (Å²) in [7, 11) is 1.46. The molecule has 2 unspecified atom stereocenters. The molecular weight excluding hydrogens is 846 g/mol. The standard InChI is InChI=1S/C56H102NO8P/c1-6-8-10-12-14-16-18-20-22-24-26-28-30-32-34-36-38-40-42-44-46-48-55(58)62-52-54(53-64-66(60,61)63-51-50-57(3,4)5)65-56(59)49-47-45-43-41-39-37-35-33-31-29-27-25-23-21-19-17-15-13-11-9-7-2/h9,11,15,17,21,23,27,29,33,35,54H,6-8,10,12-14,16,18-20,22,24-26,28,30-32,34,36-53H2,1-5H3/p+1/b11-9-,17-15-,23-21-,29-27-,35-33-. The van der Waals surface area contributed by atoms with Crippen LogP contribution in [0.3, 0.4) is 0 Å². The lowest BCUT2D eigenvalue weighted by atomic mass is 10.0. The minimum Gasteiger partial charge on any atom is -0.462 e. The normalized spacial score (nSPS) is 13.8. The second-order valence-corrected chi connectivity index (χ2v) is 20.7. The van der Waals surface area contributed by atoms with Crippen LogP contribution in [0.1, 0.15) is 232 Å². The largest absolute Gasteiger partial charge is 0.472 e. The van der Waals surface area contributed by atoms with Crippen LogP contribution >= 0.6 is 7.82 Å². The summed E-state index contributed by atoms with van der Waals surface area (Å²) >= 11 is 0. The number of likely N-dealkylation sites (N-methyl/N-ethyl adjacent to an activating group) is 1. The number of hydrogen-bond donors (Lipinski definition) is 1. The Bertz CT molecular complexity index is 1300. The summed E-state index contributed by atoms with van der Waals surface area (Å²) < 4.78 is 34.5. The molecule has 0 aliphatic rings. The van der Waals surface area contributed by atoms with Gasteiger partial charge >= 0.3 is 19.8 Å². The predicted molar refractivity (Wildman–Crippen MR) is 279 cm³/mol. The van der Waals surface area contributed by atoms with Crippen LogP contribution in [0.25, 0.3) is 0 Å². The lowest BCUT2D eigenvalue weighted by molar-refractivity contribution is -0.870. The van der Waals surface area contributed by atoms with Gasteiger partial charge in [-0.15, -0.1) is 0 Å². The number of phosphoric ester groups is 1.